The van der Waals surface area contributed by atoms with Crippen molar-refractivity contribution in [3.05, 3.63) is 60.2 Å². The predicted molar refractivity (Wildman–Crippen MR) is 85.5 cm³/mol. The average molecular weight is 265 g/mol. The minimum atomic E-state index is 0.998. The zero-order valence-electron chi connectivity index (χ0n) is 11.5. The van der Waals surface area contributed by atoms with E-state index < -0.39 is 0 Å². The summed E-state index contributed by atoms with van der Waals surface area (Å²) in [6, 6.07) is 18.5. The summed E-state index contributed by atoms with van der Waals surface area (Å²) in [4.78, 5) is 2.43. The van der Waals surface area contributed by atoms with Gasteiger partial charge >= 0.3 is 0 Å². The summed E-state index contributed by atoms with van der Waals surface area (Å²) in [7, 11) is 0. The number of nitrogens with one attached hydrogen (secondary N) is 1. The molecular formula is C17H19N3. The van der Waals surface area contributed by atoms with Crippen LogP contribution in [0.4, 0.5) is 11.4 Å². The van der Waals surface area contributed by atoms with E-state index in [1.165, 1.54) is 31.6 Å². The molecule has 0 unspecified atom stereocenters. The first-order chi connectivity index (χ1) is 9.92. The van der Waals surface area contributed by atoms with Crippen LogP contribution in [-0.4, -0.2) is 19.3 Å². The maximum atomic E-state index is 4.25. The molecule has 0 atom stereocenters. The van der Waals surface area contributed by atoms with Crippen LogP contribution in [0.3, 0.4) is 0 Å². The summed E-state index contributed by atoms with van der Waals surface area (Å²) in [5.74, 6) is 0. The summed E-state index contributed by atoms with van der Waals surface area (Å²) < 4.78 is 0. The van der Waals surface area contributed by atoms with Crippen LogP contribution in [0.15, 0.2) is 59.7 Å². The van der Waals surface area contributed by atoms with Crippen LogP contribution < -0.4 is 10.3 Å². The van der Waals surface area contributed by atoms with Gasteiger partial charge < -0.3 is 4.90 Å². The Hall–Kier alpha value is -2.29. The van der Waals surface area contributed by atoms with Crippen LogP contribution in [0.25, 0.3) is 0 Å². The fraction of sp³-hybridized carbons (Fsp3) is 0.235. The van der Waals surface area contributed by atoms with Gasteiger partial charge in [0.25, 0.3) is 0 Å². The number of anilines is 2. The number of hydrogen-bond donors (Lipinski definition) is 1. The van der Waals surface area contributed by atoms with Gasteiger partial charge in [-0.2, -0.15) is 5.10 Å². The standard InChI is InChI=1S/C17H19N3/c1-2-6-16(7-3-1)19-18-14-15-8-10-17(11-9-15)20-12-4-5-13-20/h1-3,6-11,14,19H,4-5,12-13H2/b18-14+. The van der Waals surface area contributed by atoms with Crippen molar-refractivity contribution in [3.8, 4) is 0 Å². The Kier molecular flexibility index (Phi) is 3.97. The second-order valence-corrected chi connectivity index (χ2v) is 5.02. The van der Waals surface area contributed by atoms with E-state index in [-0.39, 0.29) is 0 Å². The Bertz CT molecular complexity index is 555. The molecule has 0 radical (unpaired) electrons. The highest BCUT2D eigenvalue weighted by atomic mass is 15.3. The summed E-state index contributed by atoms with van der Waals surface area (Å²) in [5, 5.41) is 4.25. The number of benzene rings is 2. The second kappa shape index (κ2) is 6.24. The zero-order chi connectivity index (χ0) is 13.6. The third-order valence-electron chi connectivity index (χ3n) is 3.55. The first-order valence-corrected chi connectivity index (χ1v) is 7.11. The highest BCUT2D eigenvalue weighted by molar-refractivity contribution is 5.81. The van der Waals surface area contributed by atoms with Gasteiger partial charge in [-0.15, -0.1) is 0 Å². The summed E-state index contributed by atoms with van der Waals surface area (Å²) in [5.41, 5.74) is 6.44. The van der Waals surface area contributed by atoms with Crippen LogP contribution in [-0.2, 0) is 0 Å². The van der Waals surface area contributed by atoms with Gasteiger partial charge in [-0.1, -0.05) is 30.3 Å². The molecule has 3 rings (SSSR count). The second-order valence-electron chi connectivity index (χ2n) is 5.02. The number of para-hydroxylation sites is 1. The average Bonchev–Trinajstić information content (AvgIpc) is 3.03. The third-order valence-corrected chi connectivity index (χ3v) is 3.55. The smallest absolute Gasteiger partial charge is 0.0561 e. The molecule has 0 spiro atoms. The molecule has 20 heavy (non-hydrogen) atoms. The highest BCUT2D eigenvalue weighted by Gasteiger charge is 2.11. The van der Waals surface area contributed by atoms with Gasteiger partial charge in [0.15, 0.2) is 0 Å². The lowest BCUT2D eigenvalue weighted by Crippen LogP contribution is -2.17. The highest BCUT2D eigenvalue weighted by Crippen LogP contribution is 2.19. The lowest BCUT2D eigenvalue weighted by molar-refractivity contribution is 0.949. The normalized spacial score (nSPS) is 14.9. The Balaban J connectivity index is 1.60. The van der Waals surface area contributed by atoms with E-state index in [0.29, 0.717) is 0 Å². The minimum absolute atomic E-state index is 0.998. The summed E-state index contributed by atoms with van der Waals surface area (Å²) in [6.45, 7) is 2.37. The molecule has 0 bridgehead atoms. The molecule has 0 aliphatic carbocycles. The number of nitrogens with zero attached hydrogens (tertiary/aromatic N) is 2. The fourth-order valence-electron chi connectivity index (χ4n) is 2.44. The fourth-order valence-corrected chi connectivity index (χ4v) is 2.44. The van der Waals surface area contributed by atoms with Crippen molar-refractivity contribution in [2.45, 2.75) is 12.8 Å². The molecule has 3 nitrogen and oxygen atoms in total. The Morgan fingerprint density at radius 3 is 2.30 bits per heavy atom. The topological polar surface area (TPSA) is 27.6 Å². The van der Waals surface area contributed by atoms with Crippen LogP contribution in [0.2, 0.25) is 0 Å². The first kappa shape index (κ1) is 12.7. The van der Waals surface area contributed by atoms with Crippen molar-refractivity contribution in [2.75, 3.05) is 23.4 Å². The maximum absolute atomic E-state index is 4.25. The van der Waals surface area contributed by atoms with E-state index in [1.807, 2.05) is 36.5 Å². The molecule has 3 heteroatoms. The molecule has 0 aromatic heterocycles. The van der Waals surface area contributed by atoms with Gasteiger partial charge in [0.2, 0.25) is 0 Å². The molecule has 1 heterocycles. The molecule has 102 valence electrons. The van der Waals surface area contributed by atoms with E-state index in [1.54, 1.807) is 0 Å². The van der Waals surface area contributed by atoms with Gasteiger partial charge in [0, 0.05) is 18.8 Å². The third kappa shape index (κ3) is 3.18. The summed E-state index contributed by atoms with van der Waals surface area (Å²) >= 11 is 0. The quantitative estimate of drug-likeness (QED) is 0.673. The number of hydrogen-bond acceptors (Lipinski definition) is 3. The molecule has 0 saturated carbocycles. The molecule has 1 aliphatic rings. The molecule has 2 aromatic carbocycles. The zero-order valence-corrected chi connectivity index (χ0v) is 11.5. The number of rotatable bonds is 4. The van der Waals surface area contributed by atoms with Crippen LogP contribution >= 0.6 is 0 Å². The molecular weight excluding hydrogens is 246 g/mol. The Morgan fingerprint density at radius 2 is 1.60 bits per heavy atom. The van der Waals surface area contributed by atoms with E-state index in [4.69, 9.17) is 0 Å². The molecule has 1 N–H and O–H groups in total. The molecule has 1 aliphatic heterocycles. The Labute approximate surface area is 119 Å². The monoisotopic (exact) mass is 265 g/mol. The van der Waals surface area contributed by atoms with E-state index in [9.17, 15) is 0 Å². The maximum Gasteiger partial charge on any atom is 0.0561 e. The van der Waals surface area contributed by atoms with Gasteiger partial charge in [0.05, 0.1) is 11.9 Å². The summed E-state index contributed by atoms with van der Waals surface area (Å²) in [6.07, 6.45) is 4.47. The molecule has 1 saturated heterocycles. The first-order valence-electron chi connectivity index (χ1n) is 7.11. The minimum Gasteiger partial charge on any atom is -0.372 e. The predicted octanol–water partition coefficient (Wildman–Crippen LogP) is 3.73. The van der Waals surface area contributed by atoms with Crippen LogP contribution in [0.5, 0.6) is 0 Å². The number of hydrazone groups is 1. The molecule has 0 amide bonds. The van der Waals surface area contributed by atoms with E-state index in [0.717, 1.165) is 11.3 Å². The van der Waals surface area contributed by atoms with Gasteiger partial charge in [-0.3, -0.25) is 5.43 Å². The van der Waals surface area contributed by atoms with Crippen LogP contribution in [0, 0.1) is 0 Å². The van der Waals surface area contributed by atoms with Crippen LogP contribution in [0.1, 0.15) is 18.4 Å². The van der Waals surface area contributed by atoms with Crippen molar-refractivity contribution in [1.29, 1.82) is 0 Å². The lowest BCUT2D eigenvalue weighted by Gasteiger charge is -2.17. The van der Waals surface area contributed by atoms with E-state index >= 15 is 0 Å². The van der Waals surface area contributed by atoms with Gasteiger partial charge in [0.1, 0.15) is 0 Å². The van der Waals surface area contributed by atoms with Crippen molar-refractivity contribution in [1.82, 2.24) is 0 Å². The van der Waals surface area contributed by atoms with Gasteiger partial charge in [-0.25, -0.2) is 0 Å². The van der Waals surface area contributed by atoms with Crippen molar-refractivity contribution >= 4 is 17.6 Å². The lowest BCUT2D eigenvalue weighted by atomic mass is 10.2. The van der Waals surface area contributed by atoms with Crippen molar-refractivity contribution in [2.24, 2.45) is 5.10 Å². The van der Waals surface area contributed by atoms with E-state index in [2.05, 4.69) is 39.7 Å². The van der Waals surface area contributed by atoms with Crippen molar-refractivity contribution < 1.29 is 0 Å². The SMILES string of the molecule is C(=N\Nc1ccccc1)/c1ccc(N2CCCC2)cc1. The van der Waals surface area contributed by atoms with Gasteiger partial charge in [-0.05, 0) is 42.7 Å². The van der Waals surface area contributed by atoms with Crippen molar-refractivity contribution in [3.63, 3.8) is 0 Å². The largest absolute Gasteiger partial charge is 0.372 e. The Morgan fingerprint density at radius 1 is 0.900 bits per heavy atom. The molecule has 1 fully saturated rings. The molecule has 2 aromatic rings.